The molecule has 29 heavy (non-hydrogen) atoms. The minimum Gasteiger partial charge on any atom is -0.492 e. The minimum atomic E-state index is -0.0359. The Bertz CT molecular complexity index is 1120. The molecule has 8 heteroatoms. The lowest BCUT2D eigenvalue weighted by Crippen LogP contribution is -2.47. The number of aromatic hydroxyl groups is 1. The van der Waals surface area contributed by atoms with Crippen LogP contribution in [0.2, 0.25) is 5.02 Å². The number of halogens is 1. The molecule has 4 aromatic rings. The normalized spacial score (nSPS) is 16.4. The van der Waals surface area contributed by atoms with Gasteiger partial charge in [0.2, 0.25) is 10.8 Å². The second-order valence-corrected chi connectivity index (χ2v) is 8.51. The van der Waals surface area contributed by atoms with Crippen LogP contribution in [0, 0.1) is 0 Å². The molecule has 0 spiro atoms. The van der Waals surface area contributed by atoms with Crippen LogP contribution in [0.15, 0.2) is 60.9 Å². The second-order valence-electron chi connectivity index (χ2n) is 7.06. The smallest absolute Gasteiger partial charge is 0.230 e. The molecular weight excluding hydrogens is 406 g/mol. The van der Waals surface area contributed by atoms with Gasteiger partial charge in [-0.25, -0.2) is 4.98 Å². The molecule has 0 radical (unpaired) electrons. The fraction of sp³-hybridized carbons (Fsp3) is 0.238. The van der Waals surface area contributed by atoms with Crippen molar-refractivity contribution in [2.24, 2.45) is 0 Å². The highest BCUT2D eigenvalue weighted by atomic mass is 35.5. The monoisotopic (exact) mass is 425 g/mol. The van der Waals surface area contributed by atoms with Crippen molar-refractivity contribution in [2.45, 2.75) is 6.04 Å². The van der Waals surface area contributed by atoms with Gasteiger partial charge in [0.1, 0.15) is 6.33 Å². The summed E-state index contributed by atoms with van der Waals surface area (Å²) in [7, 11) is 0. The van der Waals surface area contributed by atoms with E-state index in [0.717, 1.165) is 47.3 Å². The molecule has 148 valence electrons. The van der Waals surface area contributed by atoms with Crippen molar-refractivity contribution in [2.75, 3.05) is 31.1 Å². The van der Waals surface area contributed by atoms with Crippen molar-refractivity contribution in [3.63, 3.8) is 0 Å². The zero-order valence-electron chi connectivity index (χ0n) is 15.6. The summed E-state index contributed by atoms with van der Waals surface area (Å²) < 4.78 is 1.51. The molecule has 1 atom stereocenters. The third kappa shape index (κ3) is 3.46. The predicted molar refractivity (Wildman–Crippen MR) is 116 cm³/mol. The van der Waals surface area contributed by atoms with E-state index in [-0.39, 0.29) is 11.9 Å². The molecule has 6 nitrogen and oxygen atoms in total. The zero-order valence-corrected chi connectivity index (χ0v) is 17.2. The molecule has 0 saturated carbocycles. The van der Waals surface area contributed by atoms with Crippen molar-refractivity contribution in [3.05, 3.63) is 76.4 Å². The molecule has 2 aromatic heterocycles. The summed E-state index contributed by atoms with van der Waals surface area (Å²) in [6, 6.07) is 18.3. The molecule has 1 saturated heterocycles. The maximum atomic E-state index is 10.8. The van der Waals surface area contributed by atoms with E-state index in [1.54, 1.807) is 0 Å². The summed E-state index contributed by atoms with van der Waals surface area (Å²) in [5.41, 5.74) is 2.30. The van der Waals surface area contributed by atoms with Gasteiger partial charge in [0.05, 0.1) is 10.9 Å². The molecule has 0 bridgehead atoms. The first-order valence-corrected chi connectivity index (χ1v) is 10.7. The van der Waals surface area contributed by atoms with E-state index in [1.165, 1.54) is 22.2 Å². The maximum absolute atomic E-state index is 10.8. The van der Waals surface area contributed by atoms with Crippen LogP contribution in [0.3, 0.4) is 0 Å². The van der Waals surface area contributed by atoms with Gasteiger partial charge in [0.15, 0.2) is 0 Å². The maximum Gasteiger partial charge on any atom is 0.230 e. The summed E-state index contributed by atoms with van der Waals surface area (Å²) >= 11 is 7.66. The first-order valence-electron chi connectivity index (χ1n) is 9.51. The van der Waals surface area contributed by atoms with Crippen molar-refractivity contribution < 1.29 is 5.11 Å². The van der Waals surface area contributed by atoms with Crippen LogP contribution < -0.4 is 4.90 Å². The quantitative estimate of drug-likeness (QED) is 0.534. The average molecular weight is 426 g/mol. The molecule has 0 amide bonds. The predicted octanol–water partition coefficient (Wildman–Crippen LogP) is 4.06. The number of fused-ring (bicyclic) bond motifs is 1. The van der Waals surface area contributed by atoms with E-state index in [0.29, 0.717) is 4.96 Å². The van der Waals surface area contributed by atoms with Gasteiger partial charge in [-0.05, 0) is 23.8 Å². The number of rotatable bonds is 4. The first kappa shape index (κ1) is 18.4. The average Bonchev–Trinajstić information content (AvgIpc) is 3.33. The number of nitrogens with zero attached hydrogens (tertiary/aromatic N) is 5. The van der Waals surface area contributed by atoms with Crippen LogP contribution in [0.1, 0.15) is 16.5 Å². The van der Waals surface area contributed by atoms with Crippen LogP contribution in [0.4, 0.5) is 5.69 Å². The number of hydrogen-bond acceptors (Lipinski definition) is 6. The van der Waals surface area contributed by atoms with Gasteiger partial charge in [-0.3, -0.25) is 4.90 Å². The van der Waals surface area contributed by atoms with Crippen LogP contribution >= 0.6 is 22.9 Å². The lowest BCUT2D eigenvalue weighted by Gasteiger charge is -2.40. The Morgan fingerprint density at radius 1 is 1.00 bits per heavy atom. The highest BCUT2D eigenvalue weighted by molar-refractivity contribution is 7.17. The SMILES string of the molecule is Oc1c(C(c2ccccc2)N2CCN(c3cccc(Cl)c3)CC2)sc2ncnn12. The van der Waals surface area contributed by atoms with Gasteiger partial charge in [-0.15, -0.1) is 0 Å². The Labute approximate surface area is 177 Å². The van der Waals surface area contributed by atoms with Gasteiger partial charge in [0, 0.05) is 36.9 Å². The Kier molecular flexibility index (Phi) is 4.87. The Hall–Kier alpha value is -2.61. The molecule has 1 fully saturated rings. The van der Waals surface area contributed by atoms with Crippen LogP contribution in [-0.4, -0.2) is 50.8 Å². The Morgan fingerprint density at radius 3 is 2.52 bits per heavy atom. The summed E-state index contributed by atoms with van der Waals surface area (Å²) in [6.45, 7) is 3.54. The van der Waals surface area contributed by atoms with Crippen LogP contribution in [-0.2, 0) is 0 Å². The van der Waals surface area contributed by atoms with Crippen LogP contribution in [0.5, 0.6) is 5.88 Å². The number of anilines is 1. The first-order chi connectivity index (χ1) is 14.2. The minimum absolute atomic E-state index is 0.0359. The summed E-state index contributed by atoms with van der Waals surface area (Å²) in [5.74, 6) is 0.175. The molecule has 3 heterocycles. The molecule has 1 N–H and O–H groups in total. The van der Waals surface area contributed by atoms with Crippen molar-refractivity contribution in [1.29, 1.82) is 0 Å². The zero-order chi connectivity index (χ0) is 19.8. The van der Waals surface area contributed by atoms with E-state index in [4.69, 9.17) is 11.6 Å². The number of thiazole rings is 1. The number of aromatic nitrogens is 3. The fourth-order valence-electron chi connectivity index (χ4n) is 3.95. The molecule has 0 aliphatic carbocycles. The van der Waals surface area contributed by atoms with Gasteiger partial charge < -0.3 is 10.0 Å². The van der Waals surface area contributed by atoms with E-state index >= 15 is 0 Å². The van der Waals surface area contributed by atoms with Gasteiger partial charge >= 0.3 is 0 Å². The Morgan fingerprint density at radius 2 is 1.79 bits per heavy atom. The topological polar surface area (TPSA) is 56.9 Å². The van der Waals surface area contributed by atoms with Crippen LogP contribution in [0.25, 0.3) is 4.96 Å². The third-order valence-electron chi connectivity index (χ3n) is 5.36. The fourth-order valence-corrected chi connectivity index (χ4v) is 5.22. The highest BCUT2D eigenvalue weighted by Crippen LogP contribution is 2.40. The molecule has 5 rings (SSSR count). The standard InChI is InChI=1S/C21H20ClN5OS/c22-16-7-4-8-17(13-16)25-9-11-26(12-10-25)18(15-5-2-1-3-6-15)19-20(28)27-21(29-19)23-14-24-27/h1-8,13-14,18,28H,9-12H2. The lowest BCUT2D eigenvalue weighted by molar-refractivity contribution is 0.211. The lowest BCUT2D eigenvalue weighted by atomic mass is 10.0. The summed E-state index contributed by atoms with van der Waals surface area (Å²) in [6.07, 6.45) is 1.47. The summed E-state index contributed by atoms with van der Waals surface area (Å²) in [4.78, 5) is 10.6. The number of hydrogen-bond donors (Lipinski definition) is 1. The van der Waals surface area contributed by atoms with E-state index in [2.05, 4.69) is 38.1 Å². The van der Waals surface area contributed by atoms with Gasteiger partial charge in [0.25, 0.3) is 0 Å². The van der Waals surface area contributed by atoms with Crippen molar-refractivity contribution in [1.82, 2.24) is 19.5 Å². The molecular formula is C21H20ClN5OS. The summed E-state index contributed by atoms with van der Waals surface area (Å²) in [5, 5.41) is 15.7. The van der Waals surface area contributed by atoms with Gasteiger partial charge in [-0.2, -0.15) is 9.61 Å². The molecule has 1 aliphatic heterocycles. The van der Waals surface area contributed by atoms with E-state index in [9.17, 15) is 5.11 Å². The van der Waals surface area contributed by atoms with E-state index < -0.39 is 0 Å². The van der Waals surface area contributed by atoms with Crippen molar-refractivity contribution >= 4 is 33.6 Å². The molecule has 1 unspecified atom stereocenters. The van der Waals surface area contributed by atoms with Gasteiger partial charge in [-0.1, -0.05) is 59.3 Å². The largest absolute Gasteiger partial charge is 0.492 e. The Balaban J connectivity index is 1.45. The number of piperazine rings is 1. The third-order valence-corrected chi connectivity index (χ3v) is 6.68. The number of benzene rings is 2. The van der Waals surface area contributed by atoms with E-state index in [1.807, 2.05) is 36.4 Å². The highest BCUT2D eigenvalue weighted by Gasteiger charge is 2.31. The second kappa shape index (κ2) is 7.67. The van der Waals surface area contributed by atoms with Crippen molar-refractivity contribution in [3.8, 4) is 5.88 Å². The molecule has 2 aromatic carbocycles. The molecule has 1 aliphatic rings.